The highest BCUT2D eigenvalue weighted by molar-refractivity contribution is 7.38. The van der Waals surface area contributed by atoms with Crippen LogP contribution in [0.4, 0.5) is 11.4 Å². The third kappa shape index (κ3) is 4.25. The van der Waals surface area contributed by atoms with Crippen LogP contribution in [-0.2, 0) is 10.9 Å². The molecule has 2 atom stereocenters. The summed E-state index contributed by atoms with van der Waals surface area (Å²) in [6.45, 7) is 0. The lowest BCUT2D eigenvalue weighted by Crippen LogP contribution is -2.35. The Labute approximate surface area is 202 Å². The Hall–Kier alpha value is -3.04. The highest BCUT2D eigenvalue weighted by atomic mass is 31.1. The zero-order chi connectivity index (χ0) is 22.9. The molecule has 1 aliphatic carbocycles. The summed E-state index contributed by atoms with van der Waals surface area (Å²) in [5.74, 6) is 1.74. The van der Waals surface area contributed by atoms with Crippen molar-refractivity contribution >= 4 is 25.9 Å². The molecule has 6 heteroatoms. The first-order valence-corrected chi connectivity index (χ1v) is 13.4. The number of nitrogens with one attached hydrogen (secondary N) is 1. The van der Waals surface area contributed by atoms with Gasteiger partial charge in [-0.25, -0.2) is 5.01 Å². The van der Waals surface area contributed by atoms with Crippen LogP contribution >= 0.6 is 8.58 Å². The van der Waals surface area contributed by atoms with Gasteiger partial charge in [-0.15, -0.1) is 13.7 Å². The van der Waals surface area contributed by atoms with Crippen LogP contribution in [-0.4, -0.2) is 29.7 Å². The number of hydrazone groups is 1. The molecule has 0 amide bonds. The Bertz CT molecular complexity index is 1170. The molecular formula is C28H30N3O2P. The van der Waals surface area contributed by atoms with Crippen LogP contribution < -0.4 is 10.1 Å². The van der Waals surface area contributed by atoms with Crippen molar-refractivity contribution in [2.24, 2.45) is 5.10 Å². The average Bonchev–Trinajstić information content (AvgIpc) is 3.34. The molecule has 5 aliphatic heterocycles. The zero-order valence-corrected chi connectivity index (χ0v) is 20.4. The number of hydrogen-bond acceptors (Lipinski definition) is 5. The van der Waals surface area contributed by atoms with Gasteiger partial charge in [0.1, 0.15) is 5.75 Å². The minimum absolute atomic E-state index is 0.166. The van der Waals surface area contributed by atoms with Gasteiger partial charge in [0.2, 0.25) is 12.1 Å². The maximum Gasteiger partial charge on any atom is 0.240 e. The fourth-order valence-electron chi connectivity index (χ4n) is 5.20. The number of ether oxygens (including phenoxy) is 2. The molecule has 6 aliphatic rings. The monoisotopic (exact) mass is 471 g/mol. The summed E-state index contributed by atoms with van der Waals surface area (Å²) in [6.07, 6.45) is 5.72. The standard InChI is InChI=1S/C28H30N3O2P/c1-32-26-5-3-2-4-21(26)18-34-25-16-14-24(15-17-25)31-28-20-8-12-23(13-9-20)29-22-10-6-19(7-11-22)27(30-31)33-28/h2-13,24-25,28-29,34H,14-18H2,1H3/t24?,25?,28-/m0/s1. The summed E-state index contributed by atoms with van der Waals surface area (Å²) in [5, 5.41) is 10.7. The van der Waals surface area contributed by atoms with Gasteiger partial charge < -0.3 is 14.8 Å². The lowest BCUT2D eigenvalue weighted by molar-refractivity contribution is 0.0107. The number of hydrogen-bond donors (Lipinski definition) is 1. The molecular weight excluding hydrogens is 441 g/mol. The quantitative estimate of drug-likeness (QED) is 0.424. The van der Waals surface area contributed by atoms with Crippen LogP contribution in [0.1, 0.15) is 48.6 Å². The summed E-state index contributed by atoms with van der Waals surface area (Å²) in [6, 6.07) is 25.7. The van der Waals surface area contributed by atoms with Crippen molar-refractivity contribution in [3.05, 3.63) is 89.5 Å². The molecule has 6 bridgehead atoms. The van der Waals surface area contributed by atoms with Gasteiger partial charge in [0.15, 0.2) is 0 Å². The van der Waals surface area contributed by atoms with Crippen molar-refractivity contribution in [1.29, 1.82) is 0 Å². The van der Waals surface area contributed by atoms with Crippen LogP contribution in [0.5, 0.6) is 5.75 Å². The van der Waals surface area contributed by atoms with Crippen molar-refractivity contribution in [1.82, 2.24) is 5.01 Å². The molecule has 34 heavy (non-hydrogen) atoms. The maximum atomic E-state index is 6.46. The Morgan fingerprint density at radius 1 is 0.941 bits per heavy atom. The van der Waals surface area contributed by atoms with E-state index in [0.29, 0.717) is 6.04 Å². The number of para-hydroxylation sites is 1. The van der Waals surface area contributed by atoms with E-state index < -0.39 is 0 Å². The lowest BCUT2D eigenvalue weighted by atomic mass is 9.94. The fourth-order valence-corrected chi connectivity index (χ4v) is 6.74. The summed E-state index contributed by atoms with van der Waals surface area (Å²) in [4.78, 5) is 0. The number of anilines is 2. The number of rotatable bonds is 5. The van der Waals surface area contributed by atoms with E-state index in [2.05, 4.69) is 77.1 Å². The minimum Gasteiger partial charge on any atom is -0.496 e. The summed E-state index contributed by atoms with van der Waals surface area (Å²) in [5.41, 5.74) is 6.43. The first-order chi connectivity index (χ1) is 16.8. The predicted molar refractivity (Wildman–Crippen MR) is 139 cm³/mol. The minimum atomic E-state index is -0.166. The largest absolute Gasteiger partial charge is 0.496 e. The second-order valence-electron chi connectivity index (χ2n) is 9.28. The van der Waals surface area contributed by atoms with E-state index in [0.717, 1.165) is 67.4 Å². The molecule has 5 nitrogen and oxygen atoms in total. The van der Waals surface area contributed by atoms with E-state index >= 15 is 0 Å². The Morgan fingerprint density at radius 2 is 1.65 bits per heavy atom. The van der Waals surface area contributed by atoms with Crippen LogP contribution in [0.2, 0.25) is 0 Å². The average molecular weight is 472 g/mol. The van der Waals surface area contributed by atoms with E-state index in [1.165, 1.54) is 18.4 Å². The fraction of sp³-hybridized carbons (Fsp3) is 0.321. The zero-order valence-electron chi connectivity index (χ0n) is 19.4. The van der Waals surface area contributed by atoms with E-state index in [4.69, 9.17) is 14.6 Å². The van der Waals surface area contributed by atoms with Gasteiger partial charge in [-0.1, -0.05) is 30.3 Å². The van der Waals surface area contributed by atoms with Gasteiger partial charge in [-0.05, 0) is 85.5 Å². The van der Waals surface area contributed by atoms with Crippen LogP contribution in [0, 0.1) is 0 Å². The molecule has 0 spiro atoms. The Kier molecular flexibility index (Phi) is 5.88. The normalized spacial score (nSPS) is 23.3. The molecule has 1 fully saturated rings. The molecule has 5 heterocycles. The number of methoxy groups -OCH3 is 1. The SMILES string of the molecule is COc1ccccc1CPC1CCC(N2N=C3O[C@H]2c2ccc(cc2)Nc2ccc3cc2)CC1. The van der Waals surface area contributed by atoms with Gasteiger partial charge >= 0.3 is 0 Å². The summed E-state index contributed by atoms with van der Waals surface area (Å²) < 4.78 is 12.0. The van der Waals surface area contributed by atoms with E-state index in [1.54, 1.807) is 7.11 Å². The highest BCUT2D eigenvalue weighted by Gasteiger charge is 2.37. The second-order valence-corrected chi connectivity index (χ2v) is 10.9. The molecule has 1 unspecified atom stereocenters. The number of benzene rings is 3. The van der Waals surface area contributed by atoms with Gasteiger partial charge in [0.05, 0.1) is 13.2 Å². The van der Waals surface area contributed by atoms with Crippen molar-refractivity contribution in [2.75, 3.05) is 12.4 Å². The summed E-state index contributed by atoms with van der Waals surface area (Å²) >= 11 is 0. The van der Waals surface area contributed by atoms with Crippen LogP contribution in [0.15, 0.2) is 77.9 Å². The van der Waals surface area contributed by atoms with Crippen LogP contribution in [0.3, 0.4) is 0 Å². The predicted octanol–water partition coefficient (Wildman–Crippen LogP) is 6.63. The van der Waals surface area contributed by atoms with Gasteiger partial charge in [0.25, 0.3) is 0 Å². The van der Waals surface area contributed by atoms with Crippen molar-refractivity contribution < 1.29 is 9.47 Å². The maximum absolute atomic E-state index is 6.46. The Balaban J connectivity index is 1.17. The third-order valence-corrected chi connectivity index (χ3v) is 8.87. The molecule has 0 aromatic heterocycles. The second kappa shape index (κ2) is 9.31. The summed E-state index contributed by atoms with van der Waals surface area (Å²) in [7, 11) is 2.69. The van der Waals surface area contributed by atoms with Gasteiger partial charge in [0, 0.05) is 22.5 Å². The molecule has 3 aromatic carbocycles. The van der Waals surface area contributed by atoms with Gasteiger partial charge in [-0.2, -0.15) is 0 Å². The first kappa shape index (κ1) is 21.5. The first-order valence-electron chi connectivity index (χ1n) is 12.1. The van der Waals surface area contributed by atoms with E-state index in [-0.39, 0.29) is 6.23 Å². The molecule has 9 rings (SSSR count). The van der Waals surface area contributed by atoms with E-state index in [1.807, 2.05) is 6.07 Å². The molecule has 1 N–H and O–H groups in total. The van der Waals surface area contributed by atoms with Crippen molar-refractivity contribution in [3.63, 3.8) is 0 Å². The smallest absolute Gasteiger partial charge is 0.240 e. The molecule has 0 saturated heterocycles. The molecule has 3 aromatic rings. The lowest BCUT2D eigenvalue weighted by Gasteiger charge is -2.35. The number of nitrogens with zero attached hydrogens (tertiary/aromatic N) is 2. The molecule has 174 valence electrons. The molecule has 0 radical (unpaired) electrons. The van der Waals surface area contributed by atoms with Crippen LogP contribution in [0.25, 0.3) is 0 Å². The Morgan fingerprint density at radius 3 is 2.38 bits per heavy atom. The highest BCUT2D eigenvalue weighted by Crippen LogP contribution is 2.42. The van der Waals surface area contributed by atoms with Gasteiger partial charge in [-0.3, -0.25) is 0 Å². The molecule has 1 saturated carbocycles. The van der Waals surface area contributed by atoms with Crippen molar-refractivity contribution in [2.45, 2.75) is 49.8 Å². The van der Waals surface area contributed by atoms with Crippen molar-refractivity contribution in [3.8, 4) is 5.75 Å². The van der Waals surface area contributed by atoms with E-state index in [9.17, 15) is 0 Å². The third-order valence-electron chi connectivity index (χ3n) is 7.13. The topological polar surface area (TPSA) is 46.1 Å².